The van der Waals surface area contributed by atoms with E-state index in [-0.39, 0.29) is 0 Å². The van der Waals surface area contributed by atoms with Gasteiger partial charge in [-0.1, -0.05) is 84.9 Å². The highest BCUT2D eigenvalue weighted by Gasteiger charge is 2.18. The predicted molar refractivity (Wildman–Crippen MR) is 176 cm³/mol. The largest absolute Gasteiger partial charge is 0.309 e. The summed E-state index contributed by atoms with van der Waals surface area (Å²) in [6.07, 6.45) is 1.88. The van der Waals surface area contributed by atoms with Crippen molar-refractivity contribution in [3.63, 3.8) is 0 Å². The molecule has 0 N–H and O–H groups in total. The van der Waals surface area contributed by atoms with Gasteiger partial charge < -0.3 is 9.13 Å². The number of benzene rings is 6. The molecule has 0 fully saturated rings. The summed E-state index contributed by atoms with van der Waals surface area (Å²) in [5, 5.41) is 6.16. The number of pyridine rings is 1. The number of fused-ring (bicyclic) bond motifs is 7. The molecule has 0 radical (unpaired) electrons. The number of aromatic nitrogens is 3. The monoisotopic (exact) mass is 535 g/mol. The van der Waals surface area contributed by atoms with Crippen molar-refractivity contribution in [1.82, 2.24) is 14.1 Å². The van der Waals surface area contributed by atoms with Gasteiger partial charge in [0.25, 0.3) is 0 Å². The molecule has 0 aliphatic rings. The minimum Gasteiger partial charge on any atom is -0.309 e. The number of para-hydroxylation sites is 2. The zero-order valence-electron chi connectivity index (χ0n) is 22.8. The maximum absolute atomic E-state index is 4.78. The highest BCUT2D eigenvalue weighted by molar-refractivity contribution is 6.17. The van der Waals surface area contributed by atoms with Gasteiger partial charge >= 0.3 is 0 Å². The van der Waals surface area contributed by atoms with Crippen LogP contribution >= 0.6 is 0 Å². The molecule has 0 aliphatic heterocycles. The molecule has 0 saturated heterocycles. The molecule has 0 spiro atoms. The van der Waals surface area contributed by atoms with E-state index < -0.39 is 0 Å². The molecule has 6 aromatic carbocycles. The van der Waals surface area contributed by atoms with Gasteiger partial charge in [-0.3, -0.25) is 4.98 Å². The van der Waals surface area contributed by atoms with Gasteiger partial charge in [-0.2, -0.15) is 0 Å². The molecule has 0 amide bonds. The lowest BCUT2D eigenvalue weighted by Crippen LogP contribution is -1.94. The molecule has 9 rings (SSSR count). The lowest BCUT2D eigenvalue weighted by molar-refractivity contribution is 1.18. The number of rotatable bonds is 3. The first-order valence-electron chi connectivity index (χ1n) is 14.3. The SMILES string of the molecule is c1ccc(-n2c3cc(-c4cccc5c4c4ccccc4n5-c4ccc5ccccc5c4)ccc3c3ncccc32)cc1. The van der Waals surface area contributed by atoms with E-state index in [1.165, 1.54) is 49.4 Å². The van der Waals surface area contributed by atoms with Crippen LogP contribution < -0.4 is 0 Å². The van der Waals surface area contributed by atoms with Gasteiger partial charge in [0.15, 0.2) is 0 Å². The van der Waals surface area contributed by atoms with E-state index in [4.69, 9.17) is 4.98 Å². The van der Waals surface area contributed by atoms with E-state index >= 15 is 0 Å². The fourth-order valence-electron chi connectivity index (χ4n) is 6.71. The number of hydrogen-bond donors (Lipinski definition) is 0. The summed E-state index contributed by atoms with van der Waals surface area (Å²) in [6.45, 7) is 0. The summed E-state index contributed by atoms with van der Waals surface area (Å²) >= 11 is 0. The van der Waals surface area contributed by atoms with Gasteiger partial charge in [-0.15, -0.1) is 0 Å². The van der Waals surface area contributed by atoms with Crippen molar-refractivity contribution in [1.29, 1.82) is 0 Å². The standard InChI is InChI=1S/C39H25N3/c1-2-12-29(13-3-1)41-36-18-9-23-40-39(36)33-22-20-28(25-37(33)41)31-15-8-17-35-38(31)32-14-6-7-16-34(32)42(35)30-21-19-26-10-4-5-11-27(26)24-30/h1-25H. The van der Waals surface area contributed by atoms with E-state index in [0.29, 0.717) is 0 Å². The third-order valence-corrected chi connectivity index (χ3v) is 8.54. The maximum Gasteiger partial charge on any atom is 0.0963 e. The third-order valence-electron chi connectivity index (χ3n) is 8.54. The van der Waals surface area contributed by atoms with Crippen LogP contribution in [0.1, 0.15) is 0 Å². The van der Waals surface area contributed by atoms with Crippen LogP contribution in [0.3, 0.4) is 0 Å². The molecular formula is C39H25N3. The average molecular weight is 536 g/mol. The van der Waals surface area contributed by atoms with Gasteiger partial charge in [0.2, 0.25) is 0 Å². The second-order valence-electron chi connectivity index (χ2n) is 10.9. The van der Waals surface area contributed by atoms with E-state index in [1.54, 1.807) is 0 Å². The molecule has 3 nitrogen and oxygen atoms in total. The van der Waals surface area contributed by atoms with Crippen molar-refractivity contribution >= 4 is 54.5 Å². The predicted octanol–water partition coefficient (Wildman–Crippen LogP) is 10.1. The van der Waals surface area contributed by atoms with Gasteiger partial charge in [0, 0.05) is 33.7 Å². The summed E-state index contributed by atoms with van der Waals surface area (Å²) in [6, 6.07) is 52.3. The van der Waals surface area contributed by atoms with Crippen LogP contribution in [0.15, 0.2) is 152 Å². The molecule has 3 heterocycles. The molecule has 0 aliphatic carbocycles. The van der Waals surface area contributed by atoms with Crippen LogP contribution in [0, 0.1) is 0 Å². The first-order chi connectivity index (χ1) is 20.8. The minimum atomic E-state index is 1.02. The van der Waals surface area contributed by atoms with E-state index in [0.717, 1.165) is 27.6 Å². The summed E-state index contributed by atoms with van der Waals surface area (Å²) in [5.74, 6) is 0. The van der Waals surface area contributed by atoms with Crippen LogP contribution in [0.2, 0.25) is 0 Å². The summed E-state index contributed by atoms with van der Waals surface area (Å²) in [4.78, 5) is 4.78. The fourth-order valence-corrected chi connectivity index (χ4v) is 6.71. The second-order valence-corrected chi connectivity index (χ2v) is 10.9. The molecule has 3 aromatic heterocycles. The highest BCUT2D eigenvalue weighted by atomic mass is 15.0. The van der Waals surface area contributed by atoms with Crippen LogP contribution in [-0.4, -0.2) is 14.1 Å². The van der Waals surface area contributed by atoms with Gasteiger partial charge in [-0.05, 0) is 82.6 Å². The Bertz CT molecular complexity index is 2460. The molecule has 3 heteroatoms. The van der Waals surface area contributed by atoms with E-state index in [2.05, 4.69) is 149 Å². The van der Waals surface area contributed by atoms with E-state index in [9.17, 15) is 0 Å². The van der Waals surface area contributed by atoms with Gasteiger partial charge in [-0.25, -0.2) is 0 Å². The Hall–Kier alpha value is -5.67. The van der Waals surface area contributed by atoms with Crippen LogP contribution in [-0.2, 0) is 0 Å². The lowest BCUT2D eigenvalue weighted by atomic mass is 9.98. The highest BCUT2D eigenvalue weighted by Crippen LogP contribution is 2.40. The maximum atomic E-state index is 4.78. The first-order valence-corrected chi connectivity index (χ1v) is 14.3. The Morgan fingerprint density at radius 2 is 1.19 bits per heavy atom. The number of hydrogen-bond acceptors (Lipinski definition) is 1. The Balaban J connectivity index is 1.34. The Morgan fingerprint density at radius 3 is 2.12 bits per heavy atom. The first kappa shape index (κ1) is 23.1. The Kier molecular flexibility index (Phi) is 4.90. The van der Waals surface area contributed by atoms with E-state index in [1.807, 2.05) is 12.3 Å². The van der Waals surface area contributed by atoms with Gasteiger partial charge in [0.1, 0.15) is 0 Å². The molecule has 0 saturated carbocycles. The summed E-state index contributed by atoms with van der Waals surface area (Å²) in [7, 11) is 0. The van der Waals surface area contributed by atoms with Crippen molar-refractivity contribution in [2.75, 3.05) is 0 Å². The van der Waals surface area contributed by atoms with Crippen LogP contribution in [0.4, 0.5) is 0 Å². The lowest BCUT2D eigenvalue weighted by Gasteiger charge is -2.11. The van der Waals surface area contributed by atoms with Crippen molar-refractivity contribution in [3.05, 3.63) is 152 Å². The molecule has 42 heavy (non-hydrogen) atoms. The number of nitrogens with zero attached hydrogens (tertiary/aromatic N) is 3. The molecule has 196 valence electrons. The second kappa shape index (κ2) is 8.92. The van der Waals surface area contributed by atoms with Crippen molar-refractivity contribution in [2.45, 2.75) is 0 Å². The molecule has 0 unspecified atom stereocenters. The van der Waals surface area contributed by atoms with Gasteiger partial charge in [0.05, 0.1) is 27.6 Å². The van der Waals surface area contributed by atoms with Crippen molar-refractivity contribution in [2.24, 2.45) is 0 Å². The van der Waals surface area contributed by atoms with Crippen molar-refractivity contribution < 1.29 is 0 Å². The third kappa shape index (κ3) is 3.31. The van der Waals surface area contributed by atoms with Crippen LogP contribution in [0.5, 0.6) is 0 Å². The summed E-state index contributed by atoms with van der Waals surface area (Å²) in [5.41, 5.74) is 10.4. The zero-order chi connectivity index (χ0) is 27.6. The smallest absolute Gasteiger partial charge is 0.0963 e. The minimum absolute atomic E-state index is 1.02. The molecular weight excluding hydrogens is 510 g/mol. The zero-order valence-corrected chi connectivity index (χ0v) is 22.8. The normalized spacial score (nSPS) is 11.8. The topological polar surface area (TPSA) is 22.8 Å². The molecule has 0 atom stereocenters. The molecule has 9 aromatic rings. The molecule has 0 bridgehead atoms. The van der Waals surface area contributed by atoms with Crippen molar-refractivity contribution in [3.8, 4) is 22.5 Å². The van der Waals surface area contributed by atoms with Crippen LogP contribution in [0.25, 0.3) is 77.0 Å². The Morgan fingerprint density at radius 1 is 0.429 bits per heavy atom. The quantitative estimate of drug-likeness (QED) is 0.221. The summed E-state index contributed by atoms with van der Waals surface area (Å²) < 4.78 is 4.74. The Labute approximate surface area is 242 Å². The fraction of sp³-hybridized carbons (Fsp3) is 0. The average Bonchev–Trinajstić information content (AvgIpc) is 3.57.